The molecule has 0 saturated carbocycles. The van der Waals surface area contributed by atoms with Crippen molar-refractivity contribution >= 4 is 16.6 Å². The van der Waals surface area contributed by atoms with Crippen molar-refractivity contribution in [1.29, 1.82) is 5.26 Å². The van der Waals surface area contributed by atoms with Gasteiger partial charge in [0.1, 0.15) is 11.3 Å². The molecule has 0 N–H and O–H groups in total. The second-order valence-electron chi connectivity index (χ2n) is 7.50. The maximum atomic E-state index is 14.2. The number of nitrogens with zero attached hydrogens (tertiary/aromatic N) is 3. The Morgan fingerprint density at radius 2 is 1.47 bits per heavy atom. The maximum absolute atomic E-state index is 14.2. The summed E-state index contributed by atoms with van der Waals surface area (Å²) < 4.78 is 84.0. The third-order valence-electron chi connectivity index (χ3n) is 4.98. The molecule has 3 aromatic carbocycles. The van der Waals surface area contributed by atoms with E-state index in [1.54, 1.807) is 6.07 Å². The van der Waals surface area contributed by atoms with Crippen LogP contribution in [0.15, 0.2) is 79.0 Å². The highest BCUT2D eigenvalue weighted by Crippen LogP contribution is 2.41. The molecule has 1 aromatic heterocycles. The fourth-order valence-corrected chi connectivity index (χ4v) is 3.45. The molecule has 0 fully saturated rings. The van der Waals surface area contributed by atoms with Crippen molar-refractivity contribution in [2.45, 2.75) is 19.1 Å². The molecule has 0 atom stereocenters. The van der Waals surface area contributed by atoms with E-state index in [4.69, 9.17) is 10.1 Å². The van der Waals surface area contributed by atoms with Crippen LogP contribution < -0.4 is 14.6 Å². The molecule has 1 heterocycles. The van der Waals surface area contributed by atoms with Crippen LogP contribution in [0.5, 0.6) is 11.5 Å². The second kappa shape index (κ2) is 9.65. The van der Waals surface area contributed by atoms with E-state index in [0.29, 0.717) is 11.1 Å². The summed E-state index contributed by atoms with van der Waals surface area (Å²) in [7, 11) is 0. The van der Waals surface area contributed by atoms with E-state index in [9.17, 15) is 26.3 Å². The summed E-state index contributed by atoms with van der Waals surface area (Å²) in [5, 5.41) is 10.0. The zero-order valence-electron chi connectivity index (χ0n) is 18.1. The Morgan fingerprint density at radius 1 is 0.833 bits per heavy atom. The van der Waals surface area contributed by atoms with Gasteiger partial charge in [0.25, 0.3) is 0 Å². The van der Waals surface area contributed by atoms with Gasteiger partial charge >= 0.3 is 12.5 Å². The van der Waals surface area contributed by atoms with Gasteiger partial charge in [-0.15, -0.1) is 13.2 Å². The molecule has 0 spiro atoms. The van der Waals surface area contributed by atoms with Crippen LogP contribution in [0.2, 0.25) is 0 Å². The fraction of sp³-hybridized carbons (Fsp3) is 0.120. The first-order valence-corrected chi connectivity index (χ1v) is 10.3. The van der Waals surface area contributed by atoms with E-state index in [-0.39, 0.29) is 23.1 Å². The topological polar surface area (TPSA) is 58.4 Å². The van der Waals surface area contributed by atoms with E-state index in [1.807, 2.05) is 6.07 Å². The van der Waals surface area contributed by atoms with Crippen molar-refractivity contribution in [2.75, 3.05) is 5.06 Å². The summed E-state index contributed by atoms with van der Waals surface area (Å²) >= 11 is 0. The SMILES string of the molecule is N#Cc1ccc(ON(Cc2ccc(OC(F)(F)F)cc2)c2ncc3ccccc3c2C(F)(F)F)cc1. The highest BCUT2D eigenvalue weighted by molar-refractivity contribution is 5.88. The molecule has 0 aliphatic heterocycles. The number of nitriles is 1. The Kier molecular flexibility index (Phi) is 6.61. The summed E-state index contributed by atoms with van der Waals surface area (Å²) in [5.74, 6) is -0.902. The normalized spacial score (nSPS) is 11.7. The van der Waals surface area contributed by atoms with Crippen molar-refractivity contribution in [3.8, 4) is 17.6 Å². The lowest BCUT2D eigenvalue weighted by atomic mass is 10.1. The average Bonchev–Trinajstić information content (AvgIpc) is 2.83. The van der Waals surface area contributed by atoms with E-state index in [2.05, 4.69) is 9.72 Å². The van der Waals surface area contributed by atoms with E-state index < -0.39 is 29.7 Å². The summed E-state index contributed by atoms with van der Waals surface area (Å²) in [6.07, 6.45) is -8.42. The van der Waals surface area contributed by atoms with Crippen LogP contribution in [-0.2, 0) is 12.7 Å². The summed E-state index contributed by atoms with van der Waals surface area (Å²) in [6.45, 7) is -0.305. The molecule has 0 unspecified atom stereocenters. The number of halogens is 6. The van der Waals surface area contributed by atoms with Gasteiger partial charge in [0.2, 0.25) is 0 Å². The number of aromatic nitrogens is 1. The molecule has 184 valence electrons. The van der Waals surface area contributed by atoms with E-state index in [0.717, 1.165) is 17.2 Å². The van der Waals surface area contributed by atoms with Crippen LogP contribution >= 0.6 is 0 Å². The number of hydrogen-bond acceptors (Lipinski definition) is 5. The number of hydroxylamine groups is 1. The van der Waals surface area contributed by atoms with Gasteiger partial charge in [0.15, 0.2) is 11.6 Å². The van der Waals surface area contributed by atoms with Gasteiger partial charge in [-0.2, -0.15) is 23.5 Å². The van der Waals surface area contributed by atoms with Crippen LogP contribution in [0.25, 0.3) is 10.8 Å². The highest BCUT2D eigenvalue weighted by atomic mass is 19.4. The Hall–Kier alpha value is -4.46. The molecule has 4 aromatic rings. The van der Waals surface area contributed by atoms with Crippen LogP contribution in [0, 0.1) is 11.3 Å². The third-order valence-corrected chi connectivity index (χ3v) is 4.98. The minimum absolute atomic E-state index is 0.0997. The second-order valence-corrected chi connectivity index (χ2v) is 7.50. The average molecular weight is 503 g/mol. The minimum atomic E-state index is -4.89. The largest absolute Gasteiger partial charge is 0.573 e. The predicted molar refractivity (Wildman–Crippen MR) is 118 cm³/mol. The van der Waals surface area contributed by atoms with Gasteiger partial charge in [0.05, 0.1) is 18.2 Å². The first kappa shape index (κ1) is 24.7. The zero-order valence-corrected chi connectivity index (χ0v) is 18.1. The molecule has 11 heteroatoms. The summed E-state index contributed by atoms with van der Waals surface area (Å²) in [4.78, 5) is 9.77. The molecule has 0 amide bonds. The fourth-order valence-electron chi connectivity index (χ4n) is 3.45. The molecule has 0 radical (unpaired) electrons. The van der Waals surface area contributed by atoms with Crippen molar-refractivity contribution in [3.05, 3.63) is 95.7 Å². The van der Waals surface area contributed by atoms with Gasteiger partial charge in [-0.25, -0.2) is 4.98 Å². The number of ether oxygens (including phenoxy) is 1. The smallest absolute Gasteiger partial charge is 0.406 e. The number of benzene rings is 3. The highest BCUT2D eigenvalue weighted by Gasteiger charge is 2.39. The van der Waals surface area contributed by atoms with Gasteiger partial charge < -0.3 is 9.57 Å². The Bertz CT molecular complexity index is 1400. The first-order chi connectivity index (χ1) is 17.0. The van der Waals surface area contributed by atoms with Crippen LogP contribution in [0.1, 0.15) is 16.7 Å². The lowest BCUT2D eigenvalue weighted by molar-refractivity contribution is -0.274. The molecule has 5 nitrogen and oxygen atoms in total. The van der Waals surface area contributed by atoms with Gasteiger partial charge in [-0.05, 0) is 47.3 Å². The maximum Gasteiger partial charge on any atom is 0.573 e. The summed E-state index contributed by atoms with van der Waals surface area (Å²) in [6, 6.07) is 18.1. The van der Waals surface area contributed by atoms with Gasteiger partial charge in [-0.1, -0.05) is 36.4 Å². The Morgan fingerprint density at radius 3 is 2.08 bits per heavy atom. The van der Waals surface area contributed by atoms with Crippen molar-refractivity contribution in [2.24, 2.45) is 0 Å². The Labute approximate surface area is 200 Å². The number of rotatable bonds is 6. The van der Waals surface area contributed by atoms with Crippen LogP contribution in [0.4, 0.5) is 32.2 Å². The van der Waals surface area contributed by atoms with Crippen molar-refractivity contribution in [1.82, 2.24) is 4.98 Å². The molecule has 0 saturated heterocycles. The van der Waals surface area contributed by atoms with Crippen molar-refractivity contribution in [3.63, 3.8) is 0 Å². The standard InChI is InChI=1S/C25H15F6N3O2/c26-24(27,28)22-21-4-2-1-3-18(21)14-33-23(22)34(36-20-11-5-16(13-32)6-12-20)15-17-7-9-19(10-8-17)35-25(29,30)31/h1-12,14H,15H2. The quantitative estimate of drug-likeness (QED) is 0.209. The molecular weight excluding hydrogens is 488 g/mol. The minimum Gasteiger partial charge on any atom is -0.406 e. The van der Waals surface area contributed by atoms with E-state index >= 15 is 0 Å². The first-order valence-electron chi connectivity index (χ1n) is 10.3. The number of fused-ring (bicyclic) bond motifs is 1. The lowest BCUT2D eigenvalue weighted by Gasteiger charge is -2.27. The van der Waals surface area contributed by atoms with Gasteiger partial charge in [-0.3, -0.25) is 0 Å². The molecule has 0 bridgehead atoms. The monoisotopic (exact) mass is 503 g/mol. The number of pyridine rings is 1. The molecule has 4 rings (SSSR count). The number of anilines is 1. The number of hydrogen-bond donors (Lipinski definition) is 0. The zero-order chi connectivity index (χ0) is 25.9. The van der Waals surface area contributed by atoms with E-state index in [1.165, 1.54) is 60.8 Å². The predicted octanol–water partition coefficient (Wildman–Crippen LogP) is 7.02. The number of alkyl halides is 6. The molecule has 36 heavy (non-hydrogen) atoms. The van der Waals surface area contributed by atoms with Crippen molar-refractivity contribution < 1.29 is 35.9 Å². The molecular formula is C25H15F6N3O2. The molecule has 0 aliphatic carbocycles. The lowest BCUT2D eigenvalue weighted by Crippen LogP contribution is -2.30. The van der Waals surface area contributed by atoms with Crippen LogP contribution in [0.3, 0.4) is 0 Å². The molecule has 0 aliphatic rings. The van der Waals surface area contributed by atoms with Gasteiger partial charge in [0, 0.05) is 11.6 Å². The summed E-state index contributed by atoms with van der Waals surface area (Å²) in [5.41, 5.74) is -0.401. The Balaban J connectivity index is 1.77. The van der Waals surface area contributed by atoms with Crippen LogP contribution in [-0.4, -0.2) is 11.3 Å². The third kappa shape index (κ3) is 5.78.